The fraction of sp³-hybridized carbons (Fsp3) is 1.00. The smallest absolute Gasteiger partial charge is 0.0949 e. The van der Waals surface area contributed by atoms with Crippen molar-refractivity contribution in [3.05, 3.63) is 0 Å². The van der Waals surface area contributed by atoms with Crippen molar-refractivity contribution in [1.29, 1.82) is 0 Å². The van der Waals surface area contributed by atoms with Crippen molar-refractivity contribution in [2.75, 3.05) is 32.7 Å². The van der Waals surface area contributed by atoms with Crippen LogP contribution in [0.15, 0.2) is 0 Å². The maximum atomic E-state index is 11.3. The molecule has 1 fully saturated rings. The molecule has 2 N–H and O–H groups in total. The highest BCUT2D eigenvalue weighted by atomic mass is 31.2. The Morgan fingerprint density at radius 1 is 1.55 bits per heavy atom. The minimum atomic E-state index is -1.88. The van der Waals surface area contributed by atoms with Crippen molar-refractivity contribution >= 4 is 7.14 Å². The predicted octanol–water partition coefficient (Wildman–Crippen LogP) is 0.518. The molecule has 0 saturated carbocycles. The number of rotatable bonds is 3. The number of nitrogens with one attached hydrogen (secondary N) is 2. The van der Waals surface area contributed by atoms with Gasteiger partial charge in [0.25, 0.3) is 0 Å². The molecule has 66 valence electrons. The van der Waals surface area contributed by atoms with Crippen LogP contribution in [0.2, 0.25) is 0 Å². The van der Waals surface area contributed by atoms with E-state index in [-0.39, 0.29) is 5.54 Å². The van der Waals surface area contributed by atoms with Gasteiger partial charge in [-0.25, -0.2) is 0 Å². The van der Waals surface area contributed by atoms with Crippen molar-refractivity contribution < 1.29 is 4.57 Å². The fourth-order valence-corrected chi connectivity index (χ4v) is 1.77. The lowest BCUT2D eigenvalue weighted by atomic mass is 9.96. The van der Waals surface area contributed by atoms with E-state index < -0.39 is 7.14 Å². The van der Waals surface area contributed by atoms with Crippen molar-refractivity contribution in [2.45, 2.75) is 12.5 Å². The van der Waals surface area contributed by atoms with Crippen LogP contribution < -0.4 is 10.6 Å². The summed E-state index contributed by atoms with van der Waals surface area (Å²) in [5.74, 6) is 0. The van der Waals surface area contributed by atoms with Gasteiger partial charge in [0.15, 0.2) is 0 Å². The van der Waals surface area contributed by atoms with E-state index in [9.17, 15) is 4.57 Å². The van der Waals surface area contributed by atoms with Gasteiger partial charge in [-0.2, -0.15) is 0 Å². The average Bonchev–Trinajstić information content (AvgIpc) is 1.77. The lowest BCUT2D eigenvalue weighted by molar-refractivity contribution is 0.251. The van der Waals surface area contributed by atoms with Crippen LogP contribution >= 0.6 is 7.14 Å². The van der Waals surface area contributed by atoms with Crippen LogP contribution in [0.5, 0.6) is 0 Å². The standard InChI is InChI=1S/C7H17N2OP/c1-7(4-8-5-7)9-6-11(2,3)10/h8-9H,4-6H2,1-3H3. The summed E-state index contributed by atoms with van der Waals surface area (Å²) >= 11 is 0. The monoisotopic (exact) mass is 176 g/mol. The summed E-state index contributed by atoms with van der Waals surface area (Å²) in [7, 11) is -1.88. The zero-order valence-corrected chi connectivity index (χ0v) is 8.37. The van der Waals surface area contributed by atoms with E-state index >= 15 is 0 Å². The van der Waals surface area contributed by atoms with Gasteiger partial charge in [0.2, 0.25) is 0 Å². The first-order chi connectivity index (χ1) is 4.91. The molecule has 0 unspecified atom stereocenters. The van der Waals surface area contributed by atoms with Crippen LogP contribution in [-0.2, 0) is 4.57 Å². The minimum absolute atomic E-state index is 0.196. The first kappa shape index (κ1) is 9.24. The molecule has 11 heavy (non-hydrogen) atoms. The Hall–Kier alpha value is 0.150. The summed E-state index contributed by atoms with van der Waals surface area (Å²) in [6.45, 7) is 7.77. The van der Waals surface area contributed by atoms with Gasteiger partial charge in [-0.05, 0) is 20.3 Å². The van der Waals surface area contributed by atoms with E-state index in [0.29, 0.717) is 6.29 Å². The normalized spacial score (nSPS) is 22.8. The summed E-state index contributed by atoms with van der Waals surface area (Å²) in [5, 5.41) is 6.50. The van der Waals surface area contributed by atoms with Gasteiger partial charge < -0.3 is 15.2 Å². The molecule has 1 aliphatic rings. The van der Waals surface area contributed by atoms with Gasteiger partial charge >= 0.3 is 0 Å². The highest BCUT2D eigenvalue weighted by molar-refractivity contribution is 7.62. The molecule has 0 aromatic rings. The molecule has 4 heteroatoms. The zero-order chi connectivity index (χ0) is 8.54. The molecular weight excluding hydrogens is 159 g/mol. The van der Waals surface area contributed by atoms with Crippen LogP contribution in [-0.4, -0.2) is 38.2 Å². The van der Waals surface area contributed by atoms with E-state index in [4.69, 9.17) is 0 Å². The maximum Gasteiger partial charge on any atom is 0.0949 e. The Kier molecular flexibility index (Phi) is 2.43. The summed E-state index contributed by atoms with van der Waals surface area (Å²) in [6.07, 6.45) is 0.658. The van der Waals surface area contributed by atoms with E-state index in [1.165, 1.54) is 0 Å². The van der Waals surface area contributed by atoms with Crippen LogP contribution in [0.4, 0.5) is 0 Å². The Morgan fingerprint density at radius 3 is 2.36 bits per heavy atom. The molecule has 3 nitrogen and oxygen atoms in total. The van der Waals surface area contributed by atoms with Gasteiger partial charge in [0, 0.05) is 24.9 Å². The SMILES string of the molecule is CC1(NCP(C)(C)=O)CNC1. The molecule has 0 aromatic carbocycles. The zero-order valence-electron chi connectivity index (χ0n) is 7.48. The topological polar surface area (TPSA) is 41.1 Å². The molecule has 1 rings (SSSR count). The third-order valence-electron chi connectivity index (χ3n) is 1.92. The van der Waals surface area contributed by atoms with Crippen LogP contribution in [0.1, 0.15) is 6.92 Å². The molecule has 0 spiro atoms. The molecule has 0 aromatic heterocycles. The second-order valence-electron chi connectivity index (χ2n) is 4.07. The molecule has 0 aliphatic carbocycles. The Labute approximate surface area is 68.3 Å². The largest absolute Gasteiger partial charge is 0.323 e. The van der Waals surface area contributed by atoms with Gasteiger partial charge in [0.1, 0.15) is 0 Å². The summed E-state index contributed by atoms with van der Waals surface area (Å²) in [6, 6.07) is 0. The quantitative estimate of drug-likeness (QED) is 0.616. The van der Waals surface area contributed by atoms with Crippen LogP contribution in [0.3, 0.4) is 0 Å². The van der Waals surface area contributed by atoms with Gasteiger partial charge in [-0.3, -0.25) is 0 Å². The highest BCUT2D eigenvalue weighted by Gasteiger charge is 2.31. The van der Waals surface area contributed by atoms with Gasteiger partial charge in [-0.15, -0.1) is 0 Å². The van der Waals surface area contributed by atoms with Crippen molar-refractivity contribution in [1.82, 2.24) is 10.6 Å². The lowest BCUT2D eigenvalue weighted by Crippen LogP contribution is -2.65. The maximum absolute atomic E-state index is 11.3. The predicted molar refractivity (Wildman–Crippen MR) is 48.7 cm³/mol. The Balaban J connectivity index is 2.27. The minimum Gasteiger partial charge on any atom is -0.323 e. The summed E-state index contributed by atoms with van der Waals surface area (Å²) in [5.41, 5.74) is 0.196. The van der Waals surface area contributed by atoms with Gasteiger partial charge in [-0.1, -0.05) is 0 Å². The van der Waals surface area contributed by atoms with Crippen LogP contribution in [0, 0.1) is 0 Å². The average molecular weight is 176 g/mol. The number of hydrogen-bond donors (Lipinski definition) is 2. The van der Waals surface area contributed by atoms with E-state index in [1.54, 1.807) is 0 Å². The number of hydrogen-bond acceptors (Lipinski definition) is 3. The van der Waals surface area contributed by atoms with Crippen LogP contribution in [0.25, 0.3) is 0 Å². The molecular formula is C7H17N2OP. The summed E-state index contributed by atoms with van der Waals surface area (Å²) < 4.78 is 11.3. The Bertz CT molecular complexity index is 183. The van der Waals surface area contributed by atoms with E-state index in [1.807, 2.05) is 13.3 Å². The third kappa shape index (κ3) is 2.94. The molecule has 0 bridgehead atoms. The second kappa shape index (κ2) is 2.89. The molecule has 1 aliphatic heterocycles. The molecule has 1 heterocycles. The molecule has 1 saturated heterocycles. The van der Waals surface area contributed by atoms with Crippen molar-refractivity contribution in [3.8, 4) is 0 Å². The third-order valence-corrected chi connectivity index (χ3v) is 2.84. The van der Waals surface area contributed by atoms with E-state index in [2.05, 4.69) is 17.6 Å². The molecule has 0 radical (unpaired) electrons. The van der Waals surface area contributed by atoms with E-state index in [0.717, 1.165) is 13.1 Å². The van der Waals surface area contributed by atoms with Gasteiger partial charge in [0.05, 0.1) is 7.14 Å². The first-order valence-corrected chi connectivity index (χ1v) is 6.70. The highest BCUT2D eigenvalue weighted by Crippen LogP contribution is 2.34. The Morgan fingerprint density at radius 2 is 2.09 bits per heavy atom. The van der Waals surface area contributed by atoms with Crippen molar-refractivity contribution in [3.63, 3.8) is 0 Å². The molecule has 0 amide bonds. The fourth-order valence-electron chi connectivity index (χ4n) is 1.01. The molecule has 0 atom stereocenters. The first-order valence-electron chi connectivity index (χ1n) is 3.91. The van der Waals surface area contributed by atoms with Crippen molar-refractivity contribution in [2.24, 2.45) is 0 Å². The second-order valence-corrected chi connectivity index (χ2v) is 7.54. The lowest BCUT2D eigenvalue weighted by Gasteiger charge is -2.40. The summed E-state index contributed by atoms with van der Waals surface area (Å²) in [4.78, 5) is 0.